The Balaban J connectivity index is 1.87. The van der Waals surface area contributed by atoms with Crippen LogP contribution in [0.5, 0.6) is 0 Å². The molecular formula is C15H22N2O5S. The lowest BCUT2D eigenvalue weighted by Gasteiger charge is -2.09. The van der Waals surface area contributed by atoms with Crippen LogP contribution < -0.4 is 10.0 Å². The summed E-state index contributed by atoms with van der Waals surface area (Å²) >= 11 is 0. The number of methoxy groups -OCH3 is 1. The second kappa shape index (κ2) is 8.39. The summed E-state index contributed by atoms with van der Waals surface area (Å²) in [6.45, 7) is 1.69. The zero-order valence-electron chi connectivity index (χ0n) is 13.1. The molecule has 8 heteroatoms. The van der Waals surface area contributed by atoms with Gasteiger partial charge in [-0.1, -0.05) is 6.07 Å². The van der Waals surface area contributed by atoms with Crippen LogP contribution >= 0.6 is 0 Å². The van der Waals surface area contributed by atoms with Gasteiger partial charge >= 0.3 is 0 Å². The van der Waals surface area contributed by atoms with Gasteiger partial charge in [0, 0.05) is 25.3 Å². The molecular weight excluding hydrogens is 320 g/mol. The molecule has 0 aliphatic heterocycles. The molecule has 1 aliphatic carbocycles. The van der Waals surface area contributed by atoms with Crippen molar-refractivity contribution in [1.29, 1.82) is 0 Å². The first-order chi connectivity index (χ1) is 11.0. The first-order valence-corrected chi connectivity index (χ1v) is 8.98. The van der Waals surface area contributed by atoms with Gasteiger partial charge in [-0.05, 0) is 31.0 Å². The van der Waals surface area contributed by atoms with Gasteiger partial charge in [0.1, 0.15) is 0 Å². The molecule has 1 saturated carbocycles. The SMILES string of the molecule is COCCOCCNC(=O)c1cccc(S(=O)(=O)NC2CC2)c1. The maximum absolute atomic E-state index is 12.1. The van der Waals surface area contributed by atoms with Crippen LogP contribution in [0.25, 0.3) is 0 Å². The Bertz CT molecular complexity index is 629. The normalized spacial score (nSPS) is 14.7. The van der Waals surface area contributed by atoms with Gasteiger partial charge in [-0.25, -0.2) is 13.1 Å². The summed E-state index contributed by atoms with van der Waals surface area (Å²) in [5, 5.41) is 2.69. The van der Waals surface area contributed by atoms with E-state index in [4.69, 9.17) is 9.47 Å². The van der Waals surface area contributed by atoms with E-state index in [2.05, 4.69) is 10.0 Å². The number of hydrogen-bond acceptors (Lipinski definition) is 5. The van der Waals surface area contributed by atoms with Crippen molar-refractivity contribution in [2.45, 2.75) is 23.8 Å². The minimum Gasteiger partial charge on any atom is -0.382 e. The van der Waals surface area contributed by atoms with Crippen LogP contribution in [0.1, 0.15) is 23.2 Å². The fourth-order valence-corrected chi connectivity index (χ4v) is 3.23. The van der Waals surface area contributed by atoms with E-state index in [9.17, 15) is 13.2 Å². The second-order valence-electron chi connectivity index (χ2n) is 5.28. The van der Waals surface area contributed by atoms with Gasteiger partial charge in [0.2, 0.25) is 10.0 Å². The average molecular weight is 342 g/mol. The molecule has 1 aromatic rings. The molecule has 7 nitrogen and oxygen atoms in total. The van der Waals surface area contributed by atoms with Crippen LogP contribution in [0, 0.1) is 0 Å². The fourth-order valence-electron chi connectivity index (χ4n) is 1.88. The molecule has 0 saturated heterocycles. The van der Waals surface area contributed by atoms with E-state index in [1.807, 2.05) is 0 Å². The van der Waals surface area contributed by atoms with E-state index in [0.717, 1.165) is 12.8 Å². The summed E-state index contributed by atoms with van der Waals surface area (Å²) in [4.78, 5) is 12.1. The molecule has 0 unspecified atom stereocenters. The number of carbonyl (C=O) groups excluding carboxylic acids is 1. The van der Waals surface area contributed by atoms with E-state index < -0.39 is 10.0 Å². The smallest absolute Gasteiger partial charge is 0.251 e. The first kappa shape index (κ1) is 17.9. The van der Waals surface area contributed by atoms with Gasteiger partial charge < -0.3 is 14.8 Å². The highest BCUT2D eigenvalue weighted by Gasteiger charge is 2.28. The minimum atomic E-state index is -3.56. The van der Waals surface area contributed by atoms with E-state index in [0.29, 0.717) is 31.9 Å². The number of rotatable bonds is 10. The maximum Gasteiger partial charge on any atom is 0.251 e. The van der Waals surface area contributed by atoms with Crippen LogP contribution in [0.3, 0.4) is 0 Å². The number of sulfonamides is 1. The van der Waals surface area contributed by atoms with Gasteiger partial charge in [0.25, 0.3) is 5.91 Å². The van der Waals surface area contributed by atoms with Crippen LogP contribution in [-0.4, -0.2) is 53.8 Å². The van der Waals surface area contributed by atoms with Crippen LogP contribution in [0.2, 0.25) is 0 Å². The van der Waals surface area contributed by atoms with E-state index in [1.54, 1.807) is 19.2 Å². The zero-order valence-corrected chi connectivity index (χ0v) is 13.9. The summed E-state index contributed by atoms with van der Waals surface area (Å²) in [5.41, 5.74) is 0.306. The molecule has 128 valence electrons. The van der Waals surface area contributed by atoms with Crippen molar-refractivity contribution in [3.05, 3.63) is 29.8 Å². The average Bonchev–Trinajstić information content (AvgIpc) is 3.34. The minimum absolute atomic E-state index is 0.0294. The highest BCUT2D eigenvalue weighted by Crippen LogP contribution is 2.22. The molecule has 1 aromatic carbocycles. The van der Waals surface area contributed by atoms with E-state index in [1.165, 1.54) is 12.1 Å². The molecule has 0 spiro atoms. The third-order valence-corrected chi connectivity index (χ3v) is 4.79. The van der Waals surface area contributed by atoms with Crippen LogP contribution in [-0.2, 0) is 19.5 Å². The summed E-state index contributed by atoms with van der Waals surface area (Å²) in [6.07, 6.45) is 1.73. The van der Waals surface area contributed by atoms with Crippen molar-refractivity contribution in [3.8, 4) is 0 Å². The molecule has 1 amide bonds. The summed E-state index contributed by atoms with van der Waals surface area (Å²) in [7, 11) is -1.97. The lowest BCUT2D eigenvalue weighted by molar-refractivity contribution is 0.0692. The zero-order chi connectivity index (χ0) is 16.7. The second-order valence-corrected chi connectivity index (χ2v) is 7.00. The molecule has 0 aromatic heterocycles. The summed E-state index contributed by atoms with van der Waals surface area (Å²) in [6, 6.07) is 6.03. The topological polar surface area (TPSA) is 93.7 Å². The van der Waals surface area contributed by atoms with Crippen molar-refractivity contribution in [2.75, 3.05) is 33.5 Å². The largest absolute Gasteiger partial charge is 0.382 e. The molecule has 2 N–H and O–H groups in total. The van der Waals surface area contributed by atoms with Gasteiger partial charge in [-0.2, -0.15) is 0 Å². The molecule has 0 radical (unpaired) electrons. The van der Waals surface area contributed by atoms with Crippen LogP contribution in [0.4, 0.5) is 0 Å². The number of carbonyl (C=O) groups is 1. The van der Waals surface area contributed by atoms with Gasteiger partial charge in [-0.3, -0.25) is 4.79 Å². The van der Waals surface area contributed by atoms with Crippen LogP contribution in [0.15, 0.2) is 29.2 Å². The summed E-state index contributed by atoms with van der Waals surface area (Å²) in [5.74, 6) is -0.330. The van der Waals surface area contributed by atoms with Crippen molar-refractivity contribution < 1.29 is 22.7 Å². The standard InChI is InChI=1S/C15H22N2O5S/c1-21-9-10-22-8-7-16-15(18)12-3-2-4-14(11-12)23(19,20)17-13-5-6-13/h2-4,11,13,17H,5-10H2,1H3,(H,16,18). The molecule has 0 heterocycles. The maximum atomic E-state index is 12.1. The molecule has 1 aliphatic rings. The van der Waals surface area contributed by atoms with Gasteiger partial charge in [0.15, 0.2) is 0 Å². The predicted molar refractivity (Wildman–Crippen MR) is 84.8 cm³/mol. The molecule has 1 fully saturated rings. The Morgan fingerprint density at radius 3 is 2.74 bits per heavy atom. The molecule has 0 atom stereocenters. The Labute approximate surface area is 136 Å². The highest BCUT2D eigenvalue weighted by molar-refractivity contribution is 7.89. The number of amides is 1. The predicted octanol–water partition coefficient (Wildman–Crippen LogP) is 0.520. The monoisotopic (exact) mass is 342 g/mol. The van der Waals surface area contributed by atoms with E-state index >= 15 is 0 Å². The molecule has 2 rings (SSSR count). The quantitative estimate of drug-likeness (QED) is 0.605. The summed E-state index contributed by atoms with van der Waals surface area (Å²) < 4.78 is 37.0. The van der Waals surface area contributed by atoms with Crippen molar-refractivity contribution in [2.24, 2.45) is 0 Å². The molecule has 23 heavy (non-hydrogen) atoms. The van der Waals surface area contributed by atoms with E-state index in [-0.39, 0.29) is 16.8 Å². The number of nitrogens with one attached hydrogen (secondary N) is 2. The fraction of sp³-hybridized carbons (Fsp3) is 0.533. The lowest BCUT2D eigenvalue weighted by atomic mass is 10.2. The van der Waals surface area contributed by atoms with Crippen molar-refractivity contribution >= 4 is 15.9 Å². The first-order valence-electron chi connectivity index (χ1n) is 7.50. The van der Waals surface area contributed by atoms with Gasteiger partial charge in [-0.15, -0.1) is 0 Å². The number of benzene rings is 1. The Morgan fingerprint density at radius 2 is 2.04 bits per heavy atom. The Kier molecular flexibility index (Phi) is 6.52. The number of ether oxygens (including phenoxy) is 2. The van der Waals surface area contributed by atoms with Crippen molar-refractivity contribution in [3.63, 3.8) is 0 Å². The third kappa shape index (κ3) is 5.91. The number of hydrogen-bond donors (Lipinski definition) is 2. The van der Waals surface area contributed by atoms with Gasteiger partial charge in [0.05, 0.1) is 24.7 Å². The Morgan fingerprint density at radius 1 is 1.26 bits per heavy atom. The lowest BCUT2D eigenvalue weighted by Crippen LogP contribution is -2.29. The third-order valence-electron chi connectivity index (χ3n) is 3.27. The van der Waals surface area contributed by atoms with Crippen molar-refractivity contribution in [1.82, 2.24) is 10.0 Å². The highest BCUT2D eigenvalue weighted by atomic mass is 32.2. The Hall–Kier alpha value is -1.48. The molecule has 0 bridgehead atoms.